The normalized spacial score (nSPS) is 30.1. The number of benzene rings is 1. The minimum atomic E-state index is -0.236. The van der Waals surface area contributed by atoms with Crippen molar-refractivity contribution in [2.75, 3.05) is 5.32 Å². The quantitative estimate of drug-likeness (QED) is 0.839. The van der Waals surface area contributed by atoms with Crippen LogP contribution in [0.3, 0.4) is 0 Å². The largest absolute Gasteiger partial charge is 0.360 e. The van der Waals surface area contributed by atoms with Crippen LogP contribution < -0.4 is 5.32 Å². The number of hydrogen-bond acceptors (Lipinski definition) is 3. The SMILES string of the molecule is CC1CC(Nc2ccc(F)cc2)OC(C)O1. The average molecular weight is 225 g/mol. The highest BCUT2D eigenvalue weighted by atomic mass is 19.1. The molecule has 1 fully saturated rings. The standard InChI is InChI=1S/C12H16FNO2/c1-8-7-12(16-9(2)15-8)14-11-5-3-10(13)4-6-11/h3-6,8-9,12,14H,7H2,1-2H3. The molecule has 1 aromatic rings. The maximum Gasteiger partial charge on any atom is 0.157 e. The van der Waals surface area contributed by atoms with Crippen LogP contribution in [0.4, 0.5) is 10.1 Å². The van der Waals surface area contributed by atoms with E-state index in [0.29, 0.717) is 0 Å². The van der Waals surface area contributed by atoms with Gasteiger partial charge in [-0.3, -0.25) is 0 Å². The Balaban J connectivity index is 1.96. The molecule has 16 heavy (non-hydrogen) atoms. The molecule has 3 unspecified atom stereocenters. The zero-order valence-electron chi connectivity index (χ0n) is 9.44. The van der Waals surface area contributed by atoms with Gasteiger partial charge in [-0.1, -0.05) is 0 Å². The summed E-state index contributed by atoms with van der Waals surface area (Å²) in [6, 6.07) is 6.25. The van der Waals surface area contributed by atoms with Gasteiger partial charge in [0.15, 0.2) is 6.29 Å². The molecule has 0 amide bonds. The van der Waals surface area contributed by atoms with Crippen LogP contribution in [0.1, 0.15) is 20.3 Å². The lowest BCUT2D eigenvalue weighted by atomic mass is 10.2. The molecular weight excluding hydrogens is 209 g/mol. The summed E-state index contributed by atoms with van der Waals surface area (Å²) in [6.07, 6.45) is 0.662. The summed E-state index contributed by atoms with van der Waals surface area (Å²) in [5.41, 5.74) is 0.854. The molecule has 1 aliphatic heterocycles. The molecule has 3 nitrogen and oxygen atoms in total. The summed E-state index contributed by atoms with van der Waals surface area (Å²) in [6.45, 7) is 3.88. The molecule has 0 spiro atoms. The van der Waals surface area contributed by atoms with Gasteiger partial charge in [-0.2, -0.15) is 0 Å². The molecule has 1 N–H and O–H groups in total. The Kier molecular flexibility index (Phi) is 3.41. The summed E-state index contributed by atoms with van der Waals surface area (Å²) in [7, 11) is 0. The van der Waals surface area contributed by atoms with Crippen molar-refractivity contribution in [1.82, 2.24) is 0 Å². The summed E-state index contributed by atoms with van der Waals surface area (Å²) in [5, 5.41) is 3.20. The topological polar surface area (TPSA) is 30.5 Å². The Morgan fingerprint density at radius 1 is 1.19 bits per heavy atom. The Labute approximate surface area is 94.6 Å². The van der Waals surface area contributed by atoms with Gasteiger partial charge < -0.3 is 14.8 Å². The molecule has 0 saturated carbocycles. The van der Waals surface area contributed by atoms with Crippen LogP contribution in [-0.2, 0) is 9.47 Å². The fourth-order valence-corrected chi connectivity index (χ4v) is 1.83. The van der Waals surface area contributed by atoms with Gasteiger partial charge in [-0.25, -0.2) is 4.39 Å². The monoisotopic (exact) mass is 225 g/mol. The van der Waals surface area contributed by atoms with Crippen molar-refractivity contribution >= 4 is 5.69 Å². The number of nitrogens with one attached hydrogen (secondary N) is 1. The molecule has 0 radical (unpaired) electrons. The van der Waals surface area contributed by atoms with Crippen molar-refractivity contribution in [2.45, 2.75) is 38.9 Å². The predicted octanol–water partition coefficient (Wildman–Crippen LogP) is 2.74. The second kappa shape index (κ2) is 4.80. The number of anilines is 1. The third-order valence-corrected chi connectivity index (χ3v) is 2.50. The lowest BCUT2D eigenvalue weighted by molar-refractivity contribution is -0.222. The van der Waals surface area contributed by atoms with Crippen LogP contribution in [0, 0.1) is 5.82 Å². The third-order valence-electron chi connectivity index (χ3n) is 2.50. The average Bonchev–Trinajstić information content (AvgIpc) is 2.20. The second-order valence-electron chi connectivity index (χ2n) is 4.03. The number of halogens is 1. The van der Waals surface area contributed by atoms with Gasteiger partial charge in [0.25, 0.3) is 0 Å². The molecular formula is C12H16FNO2. The van der Waals surface area contributed by atoms with E-state index < -0.39 is 0 Å². The van der Waals surface area contributed by atoms with Crippen LogP contribution in [0.2, 0.25) is 0 Å². The van der Waals surface area contributed by atoms with Gasteiger partial charge in [0.05, 0.1) is 6.10 Å². The molecule has 3 atom stereocenters. The van der Waals surface area contributed by atoms with Crippen LogP contribution in [0.25, 0.3) is 0 Å². The van der Waals surface area contributed by atoms with Crippen LogP contribution >= 0.6 is 0 Å². The highest BCUT2D eigenvalue weighted by Gasteiger charge is 2.24. The smallest absolute Gasteiger partial charge is 0.157 e. The second-order valence-corrected chi connectivity index (χ2v) is 4.03. The molecule has 1 heterocycles. The van der Waals surface area contributed by atoms with Crippen LogP contribution in [0.15, 0.2) is 24.3 Å². The van der Waals surface area contributed by atoms with Gasteiger partial charge in [0.2, 0.25) is 0 Å². The zero-order chi connectivity index (χ0) is 11.5. The third kappa shape index (κ3) is 2.93. The molecule has 2 rings (SSSR count). The summed E-state index contributed by atoms with van der Waals surface area (Å²) >= 11 is 0. The van der Waals surface area contributed by atoms with Crippen molar-refractivity contribution in [3.63, 3.8) is 0 Å². The maximum absolute atomic E-state index is 12.7. The Morgan fingerprint density at radius 3 is 2.50 bits per heavy atom. The van der Waals surface area contributed by atoms with Crippen LogP contribution in [0.5, 0.6) is 0 Å². The number of ether oxygens (including phenoxy) is 2. The maximum atomic E-state index is 12.7. The molecule has 4 heteroatoms. The number of hydrogen-bond donors (Lipinski definition) is 1. The summed E-state index contributed by atoms with van der Waals surface area (Å²) < 4.78 is 23.7. The Hall–Kier alpha value is -1.13. The Bertz CT molecular complexity index is 331. The first-order chi connectivity index (χ1) is 7.63. The molecule has 88 valence electrons. The van der Waals surface area contributed by atoms with Crippen molar-refractivity contribution in [3.05, 3.63) is 30.1 Å². The number of rotatable bonds is 2. The van der Waals surface area contributed by atoms with Gasteiger partial charge in [-0.05, 0) is 38.1 Å². The fourth-order valence-electron chi connectivity index (χ4n) is 1.83. The minimum Gasteiger partial charge on any atom is -0.360 e. The summed E-state index contributed by atoms with van der Waals surface area (Å²) in [4.78, 5) is 0. The molecule has 1 aliphatic rings. The van der Waals surface area contributed by atoms with Crippen molar-refractivity contribution < 1.29 is 13.9 Å². The molecule has 1 saturated heterocycles. The van der Waals surface area contributed by atoms with Gasteiger partial charge in [0, 0.05) is 12.1 Å². The first-order valence-corrected chi connectivity index (χ1v) is 5.46. The highest BCUT2D eigenvalue weighted by Crippen LogP contribution is 2.20. The zero-order valence-corrected chi connectivity index (χ0v) is 9.44. The molecule has 0 bridgehead atoms. The van der Waals surface area contributed by atoms with E-state index in [9.17, 15) is 4.39 Å². The van der Waals surface area contributed by atoms with Crippen molar-refractivity contribution in [2.24, 2.45) is 0 Å². The van der Waals surface area contributed by atoms with E-state index in [1.165, 1.54) is 12.1 Å². The van der Waals surface area contributed by atoms with E-state index in [1.54, 1.807) is 12.1 Å². The lowest BCUT2D eigenvalue weighted by Gasteiger charge is -2.33. The van der Waals surface area contributed by atoms with E-state index in [1.807, 2.05) is 13.8 Å². The van der Waals surface area contributed by atoms with E-state index >= 15 is 0 Å². The molecule has 0 aromatic heterocycles. The fraction of sp³-hybridized carbons (Fsp3) is 0.500. The van der Waals surface area contributed by atoms with Crippen molar-refractivity contribution in [3.8, 4) is 0 Å². The van der Waals surface area contributed by atoms with E-state index in [0.717, 1.165) is 12.1 Å². The molecule has 1 aromatic carbocycles. The Morgan fingerprint density at radius 2 is 1.88 bits per heavy atom. The van der Waals surface area contributed by atoms with Crippen molar-refractivity contribution in [1.29, 1.82) is 0 Å². The lowest BCUT2D eigenvalue weighted by Crippen LogP contribution is -2.39. The highest BCUT2D eigenvalue weighted by molar-refractivity contribution is 5.43. The van der Waals surface area contributed by atoms with E-state index in [-0.39, 0.29) is 24.4 Å². The first kappa shape index (κ1) is 11.4. The van der Waals surface area contributed by atoms with Gasteiger partial charge in [-0.15, -0.1) is 0 Å². The summed E-state index contributed by atoms with van der Waals surface area (Å²) in [5.74, 6) is -0.236. The first-order valence-electron chi connectivity index (χ1n) is 5.46. The molecule has 0 aliphatic carbocycles. The minimum absolute atomic E-state index is 0.0794. The van der Waals surface area contributed by atoms with E-state index in [2.05, 4.69) is 5.32 Å². The van der Waals surface area contributed by atoms with Gasteiger partial charge in [0.1, 0.15) is 12.0 Å². The van der Waals surface area contributed by atoms with Crippen LogP contribution in [-0.4, -0.2) is 18.6 Å². The van der Waals surface area contributed by atoms with Gasteiger partial charge >= 0.3 is 0 Å². The van der Waals surface area contributed by atoms with E-state index in [4.69, 9.17) is 9.47 Å². The predicted molar refractivity (Wildman–Crippen MR) is 59.5 cm³/mol.